The number of rotatable bonds is 4. The number of hydrogen-bond donors (Lipinski definition) is 1. The Morgan fingerprint density at radius 3 is 2.74 bits per heavy atom. The molecular formula is C15H22BrFN2. The van der Waals surface area contributed by atoms with Crippen LogP contribution in [0.5, 0.6) is 0 Å². The van der Waals surface area contributed by atoms with E-state index in [0.717, 1.165) is 35.6 Å². The predicted molar refractivity (Wildman–Crippen MR) is 80.7 cm³/mol. The number of nitrogens with one attached hydrogen (secondary N) is 1. The summed E-state index contributed by atoms with van der Waals surface area (Å²) in [5, 5.41) is 3.40. The molecule has 19 heavy (non-hydrogen) atoms. The lowest BCUT2D eigenvalue weighted by atomic mass is 9.96. The van der Waals surface area contributed by atoms with Gasteiger partial charge in [-0.15, -0.1) is 0 Å². The summed E-state index contributed by atoms with van der Waals surface area (Å²) in [7, 11) is 2.16. The van der Waals surface area contributed by atoms with Gasteiger partial charge in [0.1, 0.15) is 5.82 Å². The first-order valence-electron chi connectivity index (χ1n) is 6.94. The molecule has 1 atom stereocenters. The Bertz CT molecular complexity index is 419. The summed E-state index contributed by atoms with van der Waals surface area (Å²) < 4.78 is 14.0. The van der Waals surface area contributed by atoms with Crippen LogP contribution in [0.3, 0.4) is 0 Å². The highest BCUT2D eigenvalue weighted by Gasteiger charge is 2.20. The Labute approximate surface area is 123 Å². The third-order valence-electron chi connectivity index (χ3n) is 4.08. The zero-order valence-corrected chi connectivity index (χ0v) is 13.2. The molecular weight excluding hydrogens is 307 g/mol. The fourth-order valence-corrected chi connectivity index (χ4v) is 3.39. The van der Waals surface area contributed by atoms with Gasteiger partial charge >= 0.3 is 0 Å². The first-order chi connectivity index (χ1) is 9.08. The van der Waals surface area contributed by atoms with Crippen molar-refractivity contribution in [2.45, 2.75) is 25.8 Å². The van der Waals surface area contributed by atoms with Crippen LogP contribution in [0, 0.1) is 11.7 Å². The molecule has 4 heteroatoms. The first-order valence-corrected chi connectivity index (χ1v) is 7.73. The average Bonchev–Trinajstić information content (AvgIpc) is 2.39. The predicted octanol–water partition coefficient (Wildman–Crippen LogP) is 3.58. The van der Waals surface area contributed by atoms with E-state index in [4.69, 9.17) is 0 Å². The van der Waals surface area contributed by atoms with Gasteiger partial charge in [0, 0.05) is 17.1 Å². The van der Waals surface area contributed by atoms with E-state index in [1.54, 1.807) is 6.07 Å². The molecule has 1 aliphatic rings. The largest absolute Gasteiger partial charge is 0.317 e. The average molecular weight is 329 g/mol. The number of piperidine rings is 1. The lowest BCUT2D eigenvalue weighted by molar-refractivity contribution is 0.196. The van der Waals surface area contributed by atoms with Gasteiger partial charge in [-0.25, -0.2) is 4.39 Å². The smallest absolute Gasteiger partial charge is 0.124 e. The monoisotopic (exact) mass is 328 g/mol. The number of halogens is 2. The third-order valence-corrected chi connectivity index (χ3v) is 4.77. The Morgan fingerprint density at radius 1 is 1.42 bits per heavy atom. The number of nitrogens with zero attached hydrogens (tertiary/aromatic N) is 1. The molecule has 0 amide bonds. The molecule has 1 heterocycles. The molecule has 2 nitrogen and oxygen atoms in total. The van der Waals surface area contributed by atoms with Crippen molar-refractivity contribution in [1.82, 2.24) is 10.2 Å². The van der Waals surface area contributed by atoms with Crippen LogP contribution < -0.4 is 5.32 Å². The van der Waals surface area contributed by atoms with Gasteiger partial charge < -0.3 is 5.32 Å². The second-order valence-electron chi connectivity index (χ2n) is 5.47. The van der Waals surface area contributed by atoms with Gasteiger partial charge in [-0.2, -0.15) is 0 Å². The van der Waals surface area contributed by atoms with Gasteiger partial charge in [0.2, 0.25) is 0 Å². The van der Waals surface area contributed by atoms with Gasteiger partial charge in [0.05, 0.1) is 0 Å². The summed E-state index contributed by atoms with van der Waals surface area (Å²) >= 11 is 3.46. The van der Waals surface area contributed by atoms with Gasteiger partial charge in [-0.05, 0) is 63.5 Å². The Kier molecular flexibility index (Phi) is 5.37. The molecule has 0 spiro atoms. The Morgan fingerprint density at radius 2 is 2.11 bits per heavy atom. The minimum absolute atomic E-state index is 0.191. The Balaban J connectivity index is 1.99. The normalized spacial score (nSPS) is 18.8. The van der Waals surface area contributed by atoms with Crippen molar-refractivity contribution in [2.75, 3.05) is 26.7 Å². The molecule has 1 unspecified atom stereocenters. The second-order valence-corrected chi connectivity index (χ2v) is 6.33. The topological polar surface area (TPSA) is 15.3 Å². The van der Waals surface area contributed by atoms with Crippen molar-refractivity contribution in [3.63, 3.8) is 0 Å². The second kappa shape index (κ2) is 6.82. The van der Waals surface area contributed by atoms with E-state index in [9.17, 15) is 4.39 Å². The van der Waals surface area contributed by atoms with Crippen molar-refractivity contribution in [3.8, 4) is 0 Å². The van der Waals surface area contributed by atoms with Gasteiger partial charge in [-0.1, -0.05) is 22.0 Å². The first kappa shape index (κ1) is 14.9. The van der Waals surface area contributed by atoms with E-state index < -0.39 is 0 Å². The van der Waals surface area contributed by atoms with Crippen LogP contribution in [-0.4, -0.2) is 31.6 Å². The van der Waals surface area contributed by atoms with Gasteiger partial charge in [0.25, 0.3) is 0 Å². The van der Waals surface area contributed by atoms with Crippen LogP contribution in [-0.2, 0) is 0 Å². The van der Waals surface area contributed by atoms with Crippen LogP contribution in [0.25, 0.3) is 0 Å². The van der Waals surface area contributed by atoms with E-state index in [1.165, 1.54) is 18.9 Å². The summed E-state index contributed by atoms with van der Waals surface area (Å²) in [5.41, 5.74) is 1.15. The molecule has 0 radical (unpaired) electrons. The van der Waals surface area contributed by atoms with E-state index in [0.29, 0.717) is 6.04 Å². The maximum atomic E-state index is 13.1. The van der Waals surface area contributed by atoms with E-state index in [1.807, 2.05) is 6.07 Å². The zero-order chi connectivity index (χ0) is 13.8. The summed E-state index contributed by atoms with van der Waals surface area (Å²) in [5.74, 6) is 0.580. The molecule has 1 aromatic carbocycles. The minimum Gasteiger partial charge on any atom is -0.317 e. The highest BCUT2D eigenvalue weighted by atomic mass is 79.9. The van der Waals surface area contributed by atoms with Crippen molar-refractivity contribution in [1.29, 1.82) is 0 Å². The van der Waals surface area contributed by atoms with Crippen molar-refractivity contribution in [3.05, 3.63) is 34.1 Å². The fourth-order valence-electron chi connectivity index (χ4n) is 2.71. The fraction of sp³-hybridized carbons (Fsp3) is 0.600. The van der Waals surface area contributed by atoms with Gasteiger partial charge in [0.15, 0.2) is 0 Å². The summed E-state index contributed by atoms with van der Waals surface area (Å²) in [6.45, 7) is 5.55. The van der Waals surface area contributed by atoms with Crippen LogP contribution in [0.15, 0.2) is 22.7 Å². The third kappa shape index (κ3) is 4.01. The lowest BCUT2D eigenvalue weighted by Gasteiger charge is -2.32. The van der Waals surface area contributed by atoms with E-state index in [-0.39, 0.29) is 5.82 Å². The van der Waals surface area contributed by atoms with Crippen LogP contribution in [0.4, 0.5) is 4.39 Å². The molecule has 1 fully saturated rings. The lowest BCUT2D eigenvalue weighted by Crippen LogP contribution is -2.35. The molecule has 1 aromatic rings. The highest BCUT2D eigenvalue weighted by Crippen LogP contribution is 2.28. The molecule has 1 aliphatic heterocycles. The van der Waals surface area contributed by atoms with E-state index in [2.05, 4.69) is 40.1 Å². The Hall–Kier alpha value is -0.450. The number of benzene rings is 1. The standard InChI is InChI=1S/C15H22BrFN2/c1-11(14-4-3-13(17)9-15(14)16)19(2)10-12-5-7-18-8-6-12/h3-4,9,11-12,18H,5-8,10H2,1-2H3. The van der Waals surface area contributed by atoms with E-state index >= 15 is 0 Å². The van der Waals surface area contributed by atoms with Crippen molar-refractivity contribution < 1.29 is 4.39 Å². The van der Waals surface area contributed by atoms with Crippen LogP contribution >= 0.6 is 15.9 Å². The summed E-state index contributed by atoms with van der Waals surface area (Å²) in [6, 6.07) is 5.26. The summed E-state index contributed by atoms with van der Waals surface area (Å²) in [4.78, 5) is 2.37. The van der Waals surface area contributed by atoms with Crippen molar-refractivity contribution >= 4 is 15.9 Å². The molecule has 0 bridgehead atoms. The molecule has 0 aliphatic carbocycles. The SMILES string of the molecule is CC(c1ccc(F)cc1Br)N(C)CC1CCNCC1. The molecule has 1 N–H and O–H groups in total. The van der Waals surface area contributed by atoms with Crippen molar-refractivity contribution in [2.24, 2.45) is 5.92 Å². The van der Waals surface area contributed by atoms with Gasteiger partial charge in [-0.3, -0.25) is 4.90 Å². The molecule has 0 aromatic heterocycles. The maximum absolute atomic E-state index is 13.1. The molecule has 1 saturated heterocycles. The maximum Gasteiger partial charge on any atom is 0.124 e. The molecule has 2 rings (SSSR count). The molecule has 106 valence electrons. The summed E-state index contributed by atoms with van der Waals surface area (Å²) in [6.07, 6.45) is 2.50. The zero-order valence-electron chi connectivity index (χ0n) is 11.6. The van der Waals surface area contributed by atoms with Crippen LogP contribution in [0.1, 0.15) is 31.4 Å². The number of hydrogen-bond acceptors (Lipinski definition) is 2. The minimum atomic E-state index is -0.191. The van der Waals surface area contributed by atoms with Crippen LogP contribution in [0.2, 0.25) is 0 Å². The highest BCUT2D eigenvalue weighted by molar-refractivity contribution is 9.10. The quantitative estimate of drug-likeness (QED) is 0.908. The molecule has 0 saturated carbocycles.